The molecule has 2 aromatic heterocycles. The lowest BCUT2D eigenvalue weighted by Gasteiger charge is -2.23. The number of rotatable bonds is 4. The summed E-state index contributed by atoms with van der Waals surface area (Å²) in [6.07, 6.45) is 3.49. The zero-order valence-electron chi connectivity index (χ0n) is 14.4. The van der Waals surface area contributed by atoms with Gasteiger partial charge in [-0.05, 0) is 45.1 Å². The summed E-state index contributed by atoms with van der Waals surface area (Å²) >= 11 is 0. The van der Waals surface area contributed by atoms with E-state index in [9.17, 15) is 4.79 Å². The lowest BCUT2D eigenvalue weighted by atomic mass is 10.1. The quantitative estimate of drug-likeness (QED) is 0.918. The lowest BCUT2D eigenvalue weighted by molar-refractivity contribution is 0.0733. The number of hydrogen-bond acceptors (Lipinski definition) is 5. The second-order valence-electron chi connectivity index (χ2n) is 6.51. The maximum Gasteiger partial charge on any atom is 0.258 e. The monoisotopic (exact) mass is 328 g/mol. The van der Waals surface area contributed by atoms with Crippen LogP contribution in [0.15, 0.2) is 24.4 Å². The van der Waals surface area contributed by atoms with Gasteiger partial charge in [0.05, 0.1) is 23.0 Å². The van der Waals surface area contributed by atoms with E-state index in [0.29, 0.717) is 5.56 Å². The fraction of sp³-hybridized carbons (Fsp3) is 0.471. The minimum atomic E-state index is -0.0667. The van der Waals surface area contributed by atoms with Gasteiger partial charge in [-0.25, -0.2) is 4.98 Å². The molecule has 0 radical (unpaired) electrons. The van der Waals surface area contributed by atoms with Crippen molar-refractivity contribution >= 4 is 11.7 Å². The van der Waals surface area contributed by atoms with Gasteiger partial charge < -0.3 is 15.5 Å². The van der Waals surface area contributed by atoms with Gasteiger partial charge >= 0.3 is 0 Å². The molecule has 2 N–H and O–H groups in total. The number of hydrogen-bond donors (Lipinski definition) is 1. The fourth-order valence-corrected chi connectivity index (χ4v) is 3.24. The fourth-order valence-electron chi connectivity index (χ4n) is 3.24. The zero-order chi connectivity index (χ0) is 17.3. The Kier molecular flexibility index (Phi) is 4.53. The van der Waals surface area contributed by atoms with Gasteiger partial charge in [0.1, 0.15) is 5.82 Å². The number of pyridine rings is 1. The Morgan fingerprint density at radius 1 is 1.46 bits per heavy atom. The van der Waals surface area contributed by atoms with Crippen LogP contribution < -0.4 is 5.73 Å². The lowest BCUT2D eigenvalue weighted by Crippen LogP contribution is -2.31. The van der Waals surface area contributed by atoms with E-state index in [1.54, 1.807) is 18.3 Å². The van der Waals surface area contributed by atoms with Gasteiger partial charge in [-0.15, -0.1) is 0 Å². The first-order valence-corrected chi connectivity index (χ1v) is 8.16. The molecule has 1 aliphatic heterocycles. The van der Waals surface area contributed by atoms with Crippen molar-refractivity contribution in [1.29, 1.82) is 0 Å². The maximum absolute atomic E-state index is 12.9. The van der Waals surface area contributed by atoms with Crippen LogP contribution in [0.3, 0.4) is 0 Å². The molecule has 128 valence electrons. The van der Waals surface area contributed by atoms with Crippen LogP contribution in [0.4, 0.5) is 5.82 Å². The van der Waals surface area contributed by atoms with Crippen molar-refractivity contribution in [3.8, 4) is 0 Å². The Labute approximate surface area is 142 Å². The third-order valence-corrected chi connectivity index (χ3v) is 4.40. The molecule has 0 spiro atoms. The SMILES string of the molecule is CN(C)Cc1cc(C2CCCN2C(=O)c2cccnc2N)nn1C. The van der Waals surface area contributed by atoms with Gasteiger partial charge in [0.2, 0.25) is 0 Å². The second-order valence-corrected chi connectivity index (χ2v) is 6.51. The van der Waals surface area contributed by atoms with Gasteiger partial charge in [0.25, 0.3) is 5.91 Å². The molecule has 2 aromatic rings. The summed E-state index contributed by atoms with van der Waals surface area (Å²) in [5, 5.41) is 4.64. The van der Waals surface area contributed by atoms with Gasteiger partial charge in [0.15, 0.2) is 0 Å². The van der Waals surface area contributed by atoms with Crippen LogP contribution in [0.5, 0.6) is 0 Å². The van der Waals surface area contributed by atoms with Crippen molar-refractivity contribution < 1.29 is 4.79 Å². The molecule has 7 heteroatoms. The van der Waals surface area contributed by atoms with Crippen LogP contribution in [-0.4, -0.2) is 51.1 Å². The number of nitrogen functional groups attached to an aromatic ring is 1. The van der Waals surface area contributed by atoms with E-state index >= 15 is 0 Å². The first-order chi connectivity index (χ1) is 11.5. The third-order valence-electron chi connectivity index (χ3n) is 4.40. The summed E-state index contributed by atoms with van der Waals surface area (Å²) in [5.74, 6) is 0.213. The molecule has 3 rings (SSSR count). The molecular formula is C17H24N6O. The predicted octanol–water partition coefficient (Wildman–Crippen LogP) is 1.44. The van der Waals surface area contributed by atoms with E-state index in [-0.39, 0.29) is 17.8 Å². The smallest absolute Gasteiger partial charge is 0.258 e. The number of likely N-dealkylation sites (tertiary alicyclic amines) is 1. The van der Waals surface area contributed by atoms with Crippen LogP contribution in [0.2, 0.25) is 0 Å². The molecule has 1 aliphatic rings. The van der Waals surface area contributed by atoms with E-state index in [1.807, 2.05) is 30.7 Å². The Hall–Kier alpha value is -2.41. The number of anilines is 1. The van der Waals surface area contributed by atoms with Gasteiger partial charge in [-0.2, -0.15) is 5.10 Å². The molecule has 1 saturated heterocycles. The maximum atomic E-state index is 12.9. The summed E-state index contributed by atoms with van der Waals surface area (Å²) < 4.78 is 1.90. The largest absolute Gasteiger partial charge is 0.383 e. The number of aromatic nitrogens is 3. The van der Waals surface area contributed by atoms with E-state index in [4.69, 9.17) is 5.73 Å². The van der Waals surface area contributed by atoms with Crippen molar-refractivity contribution in [3.05, 3.63) is 41.3 Å². The highest BCUT2D eigenvalue weighted by Gasteiger charge is 2.33. The van der Waals surface area contributed by atoms with Gasteiger partial charge in [0, 0.05) is 26.3 Å². The highest BCUT2D eigenvalue weighted by atomic mass is 16.2. The normalized spacial score (nSPS) is 17.7. The summed E-state index contributed by atoms with van der Waals surface area (Å²) in [6.45, 7) is 1.54. The highest BCUT2D eigenvalue weighted by molar-refractivity contribution is 5.98. The number of nitrogens with zero attached hydrogens (tertiary/aromatic N) is 5. The van der Waals surface area contributed by atoms with Crippen LogP contribution in [0.1, 0.15) is 40.6 Å². The summed E-state index contributed by atoms with van der Waals surface area (Å²) in [6, 6.07) is 5.57. The van der Waals surface area contributed by atoms with E-state index in [2.05, 4.69) is 21.0 Å². The zero-order valence-corrected chi connectivity index (χ0v) is 14.4. The van der Waals surface area contributed by atoms with Crippen molar-refractivity contribution in [2.75, 3.05) is 26.4 Å². The first kappa shape index (κ1) is 16.4. The molecule has 1 atom stereocenters. The van der Waals surface area contributed by atoms with Crippen LogP contribution in [0.25, 0.3) is 0 Å². The topological polar surface area (TPSA) is 80.3 Å². The van der Waals surface area contributed by atoms with Gasteiger partial charge in [-0.1, -0.05) is 0 Å². The van der Waals surface area contributed by atoms with Crippen LogP contribution >= 0.6 is 0 Å². The molecule has 7 nitrogen and oxygen atoms in total. The Bertz CT molecular complexity index is 738. The minimum absolute atomic E-state index is 0.000724. The predicted molar refractivity (Wildman–Crippen MR) is 92.3 cm³/mol. The van der Waals surface area contributed by atoms with E-state index < -0.39 is 0 Å². The number of carbonyl (C=O) groups is 1. The number of aryl methyl sites for hydroxylation is 1. The summed E-state index contributed by atoms with van der Waals surface area (Å²) in [7, 11) is 6.01. The Balaban J connectivity index is 1.86. The molecule has 1 amide bonds. The number of amides is 1. The van der Waals surface area contributed by atoms with Crippen LogP contribution in [-0.2, 0) is 13.6 Å². The van der Waals surface area contributed by atoms with Crippen molar-refractivity contribution in [2.24, 2.45) is 7.05 Å². The molecule has 3 heterocycles. The third kappa shape index (κ3) is 3.12. The molecule has 1 unspecified atom stereocenters. The van der Waals surface area contributed by atoms with Crippen molar-refractivity contribution in [1.82, 2.24) is 24.6 Å². The molecule has 1 fully saturated rings. The number of nitrogens with two attached hydrogens (primary N) is 1. The standard InChI is InChI=1S/C17H24N6O/c1-21(2)11-12-10-14(20-22(12)3)15-7-5-9-23(15)17(24)13-6-4-8-19-16(13)18/h4,6,8,10,15H,5,7,9,11H2,1-3H3,(H2,18,19). The number of carbonyl (C=O) groups excluding carboxylic acids is 1. The molecule has 24 heavy (non-hydrogen) atoms. The average molecular weight is 328 g/mol. The Morgan fingerprint density at radius 2 is 2.25 bits per heavy atom. The van der Waals surface area contributed by atoms with Crippen molar-refractivity contribution in [2.45, 2.75) is 25.4 Å². The highest BCUT2D eigenvalue weighted by Crippen LogP contribution is 2.33. The minimum Gasteiger partial charge on any atom is -0.383 e. The summed E-state index contributed by atoms with van der Waals surface area (Å²) in [4.78, 5) is 20.9. The van der Waals surface area contributed by atoms with Gasteiger partial charge in [-0.3, -0.25) is 9.48 Å². The first-order valence-electron chi connectivity index (χ1n) is 8.16. The van der Waals surface area contributed by atoms with E-state index in [0.717, 1.165) is 37.3 Å². The molecule has 0 aliphatic carbocycles. The summed E-state index contributed by atoms with van der Waals surface area (Å²) in [5.41, 5.74) is 8.42. The average Bonchev–Trinajstić information content (AvgIpc) is 3.14. The molecule has 0 bridgehead atoms. The van der Waals surface area contributed by atoms with E-state index in [1.165, 1.54) is 0 Å². The Morgan fingerprint density at radius 3 is 2.96 bits per heavy atom. The molecule has 0 saturated carbocycles. The van der Waals surface area contributed by atoms with Crippen molar-refractivity contribution in [3.63, 3.8) is 0 Å². The van der Waals surface area contributed by atoms with Crippen LogP contribution in [0, 0.1) is 0 Å². The molecular weight excluding hydrogens is 304 g/mol. The molecule has 0 aromatic carbocycles. The second kappa shape index (κ2) is 6.60.